The van der Waals surface area contributed by atoms with Gasteiger partial charge >= 0.3 is 45.2 Å². The molecule has 0 unspecified atom stereocenters. The maximum absolute atomic E-state index is 9.56. The van der Waals surface area contributed by atoms with E-state index in [1.165, 1.54) is 17.7 Å². The van der Waals surface area contributed by atoms with Crippen LogP contribution in [0.25, 0.3) is 0 Å². The molecule has 0 radical (unpaired) electrons. The Morgan fingerprint density at radius 1 is 1.67 bits per heavy atom. The van der Waals surface area contributed by atoms with E-state index in [1.54, 1.807) is 0 Å². The van der Waals surface area contributed by atoms with Crippen molar-refractivity contribution in [3.63, 3.8) is 0 Å². The Labute approximate surface area is 45.7 Å². The minimum atomic E-state index is -3.66. The van der Waals surface area contributed by atoms with E-state index in [9.17, 15) is 8.42 Å². The average molecular weight is 102 g/mol. The molecular weight excluding hydrogens is 99.0 g/mol. The zero-order valence-electron chi connectivity index (χ0n) is 3.38. The maximum atomic E-state index is 9.56. The first kappa shape index (κ1) is 6.51. The molecule has 6 heavy (non-hydrogen) atoms. The van der Waals surface area contributed by atoms with Crippen molar-refractivity contribution in [2.75, 3.05) is 4.43 Å². The van der Waals surface area contributed by atoms with Crippen LogP contribution in [0.15, 0.2) is 0 Å². The van der Waals surface area contributed by atoms with Gasteiger partial charge in [-0.1, -0.05) is 0 Å². The molecule has 0 rings (SSSR count). The number of hydrogen-bond acceptors (Lipinski definition) is 2. The van der Waals surface area contributed by atoms with E-state index in [1.807, 2.05) is 0 Å². The predicted molar refractivity (Wildman–Crippen MR) is 22.2 cm³/mol. The van der Waals surface area contributed by atoms with Crippen LogP contribution in [0, 0.1) is 0 Å². The van der Waals surface area contributed by atoms with Crippen molar-refractivity contribution in [2.45, 2.75) is 0 Å². The van der Waals surface area contributed by atoms with E-state index in [2.05, 4.69) is 0 Å². The number of rotatable bonds is 1. The summed E-state index contributed by atoms with van der Waals surface area (Å²) in [6.07, 6.45) is 0. The molecule has 0 heterocycles. The normalized spacial score (nSPS) is 11.8. The molecule has 0 saturated carbocycles. The van der Waals surface area contributed by atoms with Crippen LogP contribution in [0.2, 0.25) is 0 Å². The van der Waals surface area contributed by atoms with E-state index in [0.717, 1.165) is 0 Å². The molecule has 3 nitrogen and oxygen atoms in total. The molecule has 0 aliphatic heterocycles. The van der Waals surface area contributed by atoms with E-state index < -0.39 is 10.1 Å². The Hall–Kier alpha value is 0.507. The van der Waals surface area contributed by atoms with Gasteiger partial charge in [-0.2, -0.15) is 0 Å². The van der Waals surface area contributed by atoms with Crippen LogP contribution in [0.4, 0.5) is 0 Å². The second kappa shape index (κ2) is 1.99. The topological polar surface area (TPSA) is 54.4 Å². The summed E-state index contributed by atoms with van der Waals surface area (Å²) in [6, 6.07) is 0. The molecule has 0 saturated heterocycles. The minimum absolute atomic E-state index is 0.201. The standard InChI is InChI=1S/CH3O3S.Li/c1-5(2,3)4;/h1H2,(H,2,3,4);. The van der Waals surface area contributed by atoms with Gasteiger partial charge in [0.15, 0.2) is 0 Å². The molecule has 0 aromatic rings. The summed E-state index contributed by atoms with van der Waals surface area (Å²) in [5.74, 6) is 0. The molecule has 0 fully saturated rings. The van der Waals surface area contributed by atoms with E-state index in [4.69, 9.17) is 4.55 Å². The summed E-state index contributed by atoms with van der Waals surface area (Å²) in [5.41, 5.74) is 0. The van der Waals surface area contributed by atoms with E-state index >= 15 is 0 Å². The molecule has 5 heteroatoms. The molecule has 0 spiro atoms. The van der Waals surface area contributed by atoms with Crippen LogP contribution in [0.3, 0.4) is 0 Å². The zero-order chi connectivity index (χ0) is 5.21. The molecule has 0 aromatic carbocycles. The third-order valence-corrected chi connectivity index (χ3v) is 1.09. The van der Waals surface area contributed by atoms with Gasteiger partial charge in [0.2, 0.25) is 0 Å². The Balaban J connectivity index is 3.85. The first-order chi connectivity index (χ1) is 2.56. The fraction of sp³-hybridized carbons (Fsp3) is 1.00. The van der Waals surface area contributed by atoms with Crippen molar-refractivity contribution in [2.24, 2.45) is 0 Å². The Morgan fingerprint density at radius 2 is 1.83 bits per heavy atom. The van der Waals surface area contributed by atoms with E-state index in [0.29, 0.717) is 0 Å². The van der Waals surface area contributed by atoms with Crippen molar-refractivity contribution in [3.05, 3.63) is 0 Å². The Bertz CT molecular complexity index is 113. The molecule has 0 amide bonds. The molecule has 0 bridgehead atoms. The Kier molecular flexibility index (Phi) is 2.15. The Morgan fingerprint density at radius 3 is 1.83 bits per heavy atom. The van der Waals surface area contributed by atoms with Gasteiger partial charge in [-0.3, -0.25) is 0 Å². The van der Waals surface area contributed by atoms with Gasteiger partial charge in [-0.25, -0.2) is 0 Å². The van der Waals surface area contributed by atoms with Crippen LogP contribution in [-0.2, 0) is 10.1 Å². The second-order valence-corrected chi connectivity index (χ2v) is 2.61. The van der Waals surface area contributed by atoms with Crippen molar-refractivity contribution in [1.82, 2.24) is 0 Å². The fourth-order valence-corrected chi connectivity index (χ4v) is 0. The summed E-state index contributed by atoms with van der Waals surface area (Å²) in [4.78, 5) is 0. The van der Waals surface area contributed by atoms with Gasteiger partial charge in [0.1, 0.15) is 0 Å². The summed E-state index contributed by atoms with van der Waals surface area (Å²) >= 11 is 1.37. The molecule has 0 aromatic heterocycles. The molecule has 0 atom stereocenters. The van der Waals surface area contributed by atoms with Gasteiger partial charge in [0.05, 0.1) is 0 Å². The fourth-order valence-electron chi connectivity index (χ4n) is 0. The molecular formula is CH3LiO3S. The SMILES string of the molecule is [Li][CH2]S(=O)(=O)O. The van der Waals surface area contributed by atoms with Crippen LogP contribution >= 0.6 is 0 Å². The molecule has 0 aliphatic rings. The number of hydrogen-bond donors (Lipinski definition) is 1. The van der Waals surface area contributed by atoms with Gasteiger partial charge in [-0.15, -0.1) is 0 Å². The molecule has 32 valence electrons. The van der Waals surface area contributed by atoms with Crippen LogP contribution in [0.1, 0.15) is 0 Å². The van der Waals surface area contributed by atoms with E-state index in [-0.39, 0.29) is 4.43 Å². The monoisotopic (exact) mass is 102 g/mol. The van der Waals surface area contributed by atoms with Gasteiger partial charge in [0.25, 0.3) is 0 Å². The molecule has 1 N–H and O–H groups in total. The third-order valence-electron chi connectivity index (χ3n) is 0.365. The predicted octanol–water partition coefficient (Wildman–Crippen LogP) is -1.000. The first-order valence-corrected chi connectivity index (χ1v) is 3.12. The summed E-state index contributed by atoms with van der Waals surface area (Å²) < 4.78 is 26.7. The summed E-state index contributed by atoms with van der Waals surface area (Å²) in [6.45, 7) is 0. The van der Waals surface area contributed by atoms with Crippen LogP contribution in [0.5, 0.6) is 0 Å². The molecule has 0 aliphatic carbocycles. The summed E-state index contributed by atoms with van der Waals surface area (Å²) in [7, 11) is -3.66. The van der Waals surface area contributed by atoms with Crippen LogP contribution in [-0.4, -0.2) is 35.1 Å². The summed E-state index contributed by atoms with van der Waals surface area (Å²) in [5, 5.41) is 0. The first-order valence-electron chi connectivity index (χ1n) is 1.51. The van der Waals surface area contributed by atoms with Gasteiger partial charge in [-0.05, 0) is 0 Å². The zero-order valence-corrected chi connectivity index (χ0v) is 4.20. The van der Waals surface area contributed by atoms with Gasteiger partial charge < -0.3 is 0 Å². The van der Waals surface area contributed by atoms with Crippen molar-refractivity contribution >= 4 is 27.8 Å². The van der Waals surface area contributed by atoms with Crippen LogP contribution < -0.4 is 0 Å². The van der Waals surface area contributed by atoms with Crippen molar-refractivity contribution in [3.8, 4) is 0 Å². The quantitative estimate of drug-likeness (QED) is 0.341. The third kappa shape index (κ3) is 4.51. The van der Waals surface area contributed by atoms with Crippen molar-refractivity contribution < 1.29 is 13.0 Å². The van der Waals surface area contributed by atoms with Gasteiger partial charge in [0, 0.05) is 0 Å². The van der Waals surface area contributed by atoms with Crippen molar-refractivity contribution in [1.29, 1.82) is 0 Å². The average Bonchev–Trinajstić information content (AvgIpc) is 1.35. The second-order valence-electron chi connectivity index (χ2n) is 0.871.